The molecule has 5 heteroatoms. The monoisotopic (exact) mass is 394 g/mol. The van der Waals surface area contributed by atoms with Crippen molar-refractivity contribution in [1.29, 1.82) is 0 Å². The van der Waals surface area contributed by atoms with Gasteiger partial charge in [0.15, 0.2) is 0 Å². The molecule has 0 saturated heterocycles. The Balaban J connectivity index is 1.48. The largest absolute Gasteiger partial charge is 0.488 e. The Bertz CT molecular complexity index is 1430. The molecular formula is C25H22N4O. The lowest BCUT2D eigenvalue weighted by atomic mass is 9.92. The van der Waals surface area contributed by atoms with E-state index in [9.17, 15) is 0 Å². The summed E-state index contributed by atoms with van der Waals surface area (Å²) in [7, 11) is 0. The zero-order chi connectivity index (χ0) is 20.2. The van der Waals surface area contributed by atoms with Crippen molar-refractivity contribution in [3.8, 4) is 28.1 Å². The Hall–Kier alpha value is -3.60. The van der Waals surface area contributed by atoms with Crippen molar-refractivity contribution in [2.75, 3.05) is 0 Å². The predicted octanol–water partition coefficient (Wildman–Crippen LogP) is 5.79. The van der Waals surface area contributed by atoms with Gasteiger partial charge in [0.05, 0.1) is 22.9 Å². The summed E-state index contributed by atoms with van der Waals surface area (Å²) >= 11 is 0. The number of rotatable bonds is 3. The van der Waals surface area contributed by atoms with Crippen LogP contribution in [0.15, 0.2) is 48.7 Å². The first-order valence-electron chi connectivity index (χ1n) is 10.5. The van der Waals surface area contributed by atoms with E-state index in [2.05, 4.69) is 71.3 Å². The van der Waals surface area contributed by atoms with Gasteiger partial charge in [-0.3, -0.25) is 0 Å². The van der Waals surface area contributed by atoms with Crippen molar-refractivity contribution < 1.29 is 4.74 Å². The number of fused-ring (bicyclic) bond motifs is 6. The minimum absolute atomic E-state index is 0.563. The van der Waals surface area contributed by atoms with Crippen molar-refractivity contribution in [3.05, 3.63) is 65.9 Å². The van der Waals surface area contributed by atoms with E-state index in [4.69, 9.17) is 9.72 Å². The summed E-state index contributed by atoms with van der Waals surface area (Å²) in [4.78, 5) is 16.0. The molecule has 2 aromatic heterocycles. The molecule has 3 aromatic carbocycles. The van der Waals surface area contributed by atoms with Gasteiger partial charge in [-0.25, -0.2) is 9.97 Å². The van der Waals surface area contributed by atoms with Crippen LogP contribution in [-0.4, -0.2) is 19.9 Å². The highest BCUT2D eigenvalue weighted by atomic mass is 16.5. The first-order chi connectivity index (χ1) is 14.7. The summed E-state index contributed by atoms with van der Waals surface area (Å²) in [6, 6.07) is 15.2. The number of imidazole rings is 2. The topological polar surface area (TPSA) is 66.6 Å². The smallest absolute Gasteiger partial charge is 0.128 e. The van der Waals surface area contributed by atoms with Gasteiger partial charge in [-0.05, 0) is 46.3 Å². The van der Waals surface area contributed by atoms with Crippen LogP contribution in [0.25, 0.3) is 44.2 Å². The quantitative estimate of drug-likeness (QED) is 0.407. The highest BCUT2D eigenvalue weighted by Crippen LogP contribution is 2.42. The van der Waals surface area contributed by atoms with Crippen LogP contribution in [0.1, 0.15) is 31.1 Å². The lowest BCUT2D eigenvalue weighted by Gasteiger charge is -2.22. The Morgan fingerprint density at radius 3 is 2.67 bits per heavy atom. The van der Waals surface area contributed by atoms with Crippen LogP contribution in [0.4, 0.5) is 0 Å². The minimum Gasteiger partial charge on any atom is -0.488 e. The third-order valence-electron chi connectivity index (χ3n) is 6.01. The maximum atomic E-state index is 6.19. The van der Waals surface area contributed by atoms with Gasteiger partial charge in [0.1, 0.15) is 24.0 Å². The average Bonchev–Trinajstić information content (AvgIpc) is 3.44. The number of ether oxygens (including phenoxy) is 1. The molecule has 3 heterocycles. The second kappa shape index (κ2) is 6.46. The molecule has 0 radical (unpaired) electrons. The molecule has 5 aromatic rings. The minimum atomic E-state index is 0.563. The van der Waals surface area contributed by atoms with Crippen molar-refractivity contribution >= 4 is 21.8 Å². The van der Waals surface area contributed by atoms with Crippen molar-refractivity contribution in [1.82, 2.24) is 19.9 Å². The number of nitrogens with zero attached hydrogens (tertiary/aromatic N) is 2. The number of aromatic nitrogens is 4. The van der Waals surface area contributed by atoms with E-state index in [0.29, 0.717) is 6.61 Å². The highest BCUT2D eigenvalue weighted by Gasteiger charge is 2.20. The van der Waals surface area contributed by atoms with Gasteiger partial charge in [-0.2, -0.15) is 0 Å². The first-order valence-corrected chi connectivity index (χ1v) is 10.5. The molecule has 148 valence electrons. The second-order valence-electron chi connectivity index (χ2n) is 7.83. The number of hydrogen-bond acceptors (Lipinski definition) is 3. The summed E-state index contributed by atoms with van der Waals surface area (Å²) in [6.07, 6.45) is 3.70. The fourth-order valence-corrected chi connectivity index (χ4v) is 4.36. The van der Waals surface area contributed by atoms with E-state index >= 15 is 0 Å². The molecule has 0 saturated carbocycles. The summed E-state index contributed by atoms with van der Waals surface area (Å²) in [6.45, 7) is 4.78. The standard InChI is InChI=1S/C25H22N4O/c1-3-23-26-12-21(28-23)15-5-7-17-16(9-15)13-30-22-11-18-14(10-19(17)22)6-8-20-25(18)29-24(4-2)27-20/h5-12H,3-4,13H2,1-2H3,(H,26,28)(H,27,29). The van der Waals surface area contributed by atoms with Gasteiger partial charge in [-0.15, -0.1) is 0 Å². The lowest BCUT2D eigenvalue weighted by molar-refractivity contribution is 0.303. The first kappa shape index (κ1) is 17.3. The zero-order valence-electron chi connectivity index (χ0n) is 17.0. The van der Waals surface area contributed by atoms with E-state index < -0.39 is 0 Å². The molecular weight excluding hydrogens is 372 g/mol. The van der Waals surface area contributed by atoms with Crippen molar-refractivity contribution in [3.63, 3.8) is 0 Å². The van der Waals surface area contributed by atoms with E-state index in [1.165, 1.54) is 16.5 Å². The molecule has 0 bridgehead atoms. The molecule has 1 aliphatic rings. The average molecular weight is 394 g/mol. The maximum absolute atomic E-state index is 6.19. The molecule has 0 aliphatic carbocycles. The number of nitrogens with one attached hydrogen (secondary N) is 2. The molecule has 0 fully saturated rings. The number of benzene rings is 3. The normalized spacial score (nSPS) is 12.7. The molecule has 0 atom stereocenters. The summed E-state index contributed by atoms with van der Waals surface area (Å²) in [5.74, 6) is 2.94. The van der Waals surface area contributed by atoms with Gasteiger partial charge < -0.3 is 14.7 Å². The van der Waals surface area contributed by atoms with Gasteiger partial charge in [0.2, 0.25) is 0 Å². The van der Waals surface area contributed by atoms with Crippen LogP contribution < -0.4 is 4.74 Å². The highest BCUT2D eigenvalue weighted by molar-refractivity contribution is 6.07. The SMILES string of the molecule is CCc1ncc(-c2ccc3c(c2)COc2cc4c(ccc5[nH]c(CC)nc54)cc2-3)[nH]1. The van der Waals surface area contributed by atoms with Crippen molar-refractivity contribution in [2.45, 2.75) is 33.3 Å². The summed E-state index contributed by atoms with van der Waals surface area (Å²) < 4.78 is 6.19. The van der Waals surface area contributed by atoms with E-state index in [0.717, 1.165) is 63.5 Å². The van der Waals surface area contributed by atoms with Crippen LogP contribution in [0.3, 0.4) is 0 Å². The maximum Gasteiger partial charge on any atom is 0.128 e. The molecule has 1 aliphatic heterocycles. The molecule has 30 heavy (non-hydrogen) atoms. The predicted molar refractivity (Wildman–Crippen MR) is 120 cm³/mol. The number of hydrogen-bond donors (Lipinski definition) is 2. The number of aromatic amines is 2. The molecule has 2 N–H and O–H groups in total. The summed E-state index contributed by atoms with van der Waals surface area (Å²) in [5, 5.41) is 2.31. The zero-order valence-corrected chi connectivity index (χ0v) is 17.0. The second-order valence-corrected chi connectivity index (χ2v) is 7.83. The molecule has 0 spiro atoms. The van der Waals surface area contributed by atoms with Crippen LogP contribution >= 0.6 is 0 Å². The van der Waals surface area contributed by atoms with E-state index in [1.807, 2.05) is 6.20 Å². The number of aryl methyl sites for hydroxylation is 2. The van der Waals surface area contributed by atoms with Gasteiger partial charge in [0, 0.05) is 23.8 Å². The van der Waals surface area contributed by atoms with Crippen molar-refractivity contribution in [2.24, 2.45) is 0 Å². The van der Waals surface area contributed by atoms with Crippen LogP contribution in [-0.2, 0) is 19.4 Å². The Morgan fingerprint density at radius 1 is 0.933 bits per heavy atom. The Kier molecular flexibility index (Phi) is 3.72. The van der Waals surface area contributed by atoms with Gasteiger partial charge >= 0.3 is 0 Å². The molecule has 5 nitrogen and oxygen atoms in total. The van der Waals surface area contributed by atoms with Crippen LogP contribution in [0, 0.1) is 0 Å². The molecule has 0 unspecified atom stereocenters. The van der Waals surface area contributed by atoms with Crippen LogP contribution in [0.5, 0.6) is 5.75 Å². The summed E-state index contributed by atoms with van der Waals surface area (Å²) in [5.41, 5.74) is 7.84. The van der Waals surface area contributed by atoms with E-state index in [-0.39, 0.29) is 0 Å². The van der Waals surface area contributed by atoms with Gasteiger partial charge in [0.25, 0.3) is 0 Å². The molecule has 6 rings (SSSR count). The Morgan fingerprint density at radius 2 is 1.83 bits per heavy atom. The fraction of sp³-hybridized carbons (Fsp3) is 0.200. The third kappa shape index (κ3) is 2.55. The van der Waals surface area contributed by atoms with E-state index in [1.54, 1.807) is 0 Å². The number of H-pyrrole nitrogens is 2. The Labute approximate surface area is 174 Å². The molecule has 0 amide bonds. The third-order valence-corrected chi connectivity index (χ3v) is 6.01. The van der Waals surface area contributed by atoms with Crippen LogP contribution in [0.2, 0.25) is 0 Å². The fourth-order valence-electron chi connectivity index (χ4n) is 4.36. The lowest BCUT2D eigenvalue weighted by Crippen LogP contribution is -2.05. The van der Waals surface area contributed by atoms with Gasteiger partial charge in [-0.1, -0.05) is 32.0 Å².